The third-order valence-electron chi connectivity index (χ3n) is 2.83. The van der Waals surface area contributed by atoms with Crippen LogP contribution < -0.4 is 0 Å². The van der Waals surface area contributed by atoms with Gasteiger partial charge in [-0.3, -0.25) is 0 Å². The second kappa shape index (κ2) is 4.47. The van der Waals surface area contributed by atoms with Gasteiger partial charge in [0, 0.05) is 23.1 Å². The van der Waals surface area contributed by atoms with Crippen LogP contribution in [0.4, 0.5) is 0 Å². The van der Waals surface area contributed by atoms with Crippen LogP contribution in [0.15, 0.2) is 28.8 Å². The number of hydrogen-bond acceptors (Lipinski definition) is 4. The highest BCUT2D eigenvalue weighted by atomic mass is 35.5. The van der Waals surface area contributed by atoms with Crippen molar-refractivity contribution in [2.24, 2.45) is 0 Å². The largest absolute Gasteiger partial charge is 0.381 e. The molecule has 0 spiro atoms. The molecular formula is C12H11ClN2O2. The molecule has 2 heterocycles. The molecule has 2 aromatic rings. The lowest BCUT2D eigenvalue weighted by atomic mass is 10.1. The number of benzene rings is 1. The molecule has 0 radical (unpaired) electrons. The summed E-state index contributed by atoms with van der Waals surface area (Å²) in [6.45, 7) is 1.45. The van der Waals surface area contributed by atoms with Gasteiger partial charge >= 0.3 is 0 Å². The van der Waals surface area contributed by atoms with Gasteiger partial charge in [0.05, 0.1) is 6.61 Å². The number of ether oxygens (including phenoxy) is 1. The van der Waals surface area contributed by atoms with E-state index in [0.717, 1.165) is 24.4 Å². The smallest absolute Gasteiger partial charge is 0.257 e. The van der Waals surface area contributed by atoms with Gasteiger partial charge in [0.1, 0.15) is 0 Å². The highest BCUT2D eigenvalue weighted by Crippen LogP contribution is 2.26. The van der Waals surface area contributed by atoms with E-state index in [0.29, 0.717) is 17.5 Å². The van der Waals surface area contributed by atoms with Crippen LogP contribution in [0.5, 0.6) is 0 Å². The van der Waals surface area contributed by atoms with E-state index >= 15 is 0 Å². The fraction of sp³-hybridized carbons (Fsp3) is 0.333. The summed E-state index contributed by atoms with van der Waals surface area (Å²) in [6.07, 6.45) is 0.958. The minimum Gasteiger partial charge on any atom is -0.381 e. The van der Waals surface area contributed by atoms with Gasteiger partial charge in [-0.25, -0.2) is 0 Å². The van der Waals surface area contributed by atoms with Crippen molar-refractivity contribution in [3.05, 3.63) is 35.1 Å². The van der Waals surface area contributed by atoms with Crippen LogP contribution in [0.1, 0.15) is 18.2 Å². The molecule has 3 rings (SSSR count). The number of halogens is 1. The van der Waals surface area contributed by atoms with Crippen LogP contribution in [0.3, 0.4) is 0 Å². The molecule has 0 saturated carbocycles. The van der Waals surface area contributed by atoms with Gasteiger partial charge in [0.15, 0.2) is 5.82 Å². The SMILES string of the molecule is Clc1ccc(-c2nc([C@H]3CCOC3)no2)cc1. The summed E-state index contributed by atoms with van der Waals surface area (Å²) >= 11 is 5.82. The van der Waals surface area contributed by atoms with Crippen LogP contribution in [0.2, 0.25) is 5.02 Å². The first-order chi connectivity index (χ1) is 8.33. The maximum absolute atomic E-state index is 5.82. The summed E-state index contributed by atoms with van der Waals surface area (Å²) in [5.41, 5.74) is 0.882. The van der Waals surface area contributed by atoms with Crippen LogP contribution in [0.25, 0.3) is 11.5 Å². The van der Waals surface area contributed by atoms with E-state index in [2.05, 4.69) is 10.1 Å². The molecule has 0 amide bonds. The van der Waals surface area contributed by atoms with Crippen LogP contribution >= 0.6 is 11.6 Å². The predicted octanol–water partition coefficient (Wildman–Crippen LogP) is 2.89. The Morgan fingerprint density at radius 1 is 1.24 bits per heavy atom. The molecule has 0 bridgehead atoms. The maximum atomic E-state index is 5.82. The van der Waals surface area contributed by atoms with Gasteiger partial charge in [-0.05, 0) is 30.7 Å². The van der Waals surface area contributed by atoms with Gasteiger partial charge in [-0.2, -0.15) is 4.98 Å². The van der Waals surface area contributed by atoms with Crippen LogP contribution in [-0.2, 0) is 4.74 Å². The lowest BCUT2D eigenvalue weighted by Gasteiger charge is -1.97. The topological polar surface area (TPSA) is 48.2 Å². The molecule has 17 heavy (non-hydrogen) atoms. The second-order valence-electron chi connectivity index (χ2n) is 4.03. The van der Waals surface area contributed by atoms with E-state index in [4.69, 9.17) is 20.9 Å². The molecule has 88 valence electrons. The summed E-state index contributed by atoms with van der Waals surface area (Å²) in [7, 11) is 0. The highest BCUT2D eigenvalue weighted by molar-refractivity contribution is 6.30. The molecule has 0 N–H and O–H groups in total. The molecule has 5 heteroatoms. The molecule has 1 aromatic carbocycles. The zero-order chi connectivity index (χ0) is 11.7. The Morgan fingerprint density at radius 2 is 2.06 bits per heavy atom. The van der Waals surface area contributed by atoms with Crippen LogP contribution in [0, 0.1) is 0 Å². The monoisotopic (exact) mass is 250 g/mol. The Morgan fingerprint density at radius 3 is 2.76 bits per heavy atom. The molecule has 1 fully saturated rings. The summed E-state index contributed by atoms with van der Waals surface area (Å²) in [6, 6.07) is 7.34. The van der Waals surface area contributed by atoms with Crippen molar-refractivity contribution in [2.75, 3.05) is 13.2 Å². The average molecular weight is 251 g/mol. The lowest BCUT2D eigenvalue weighted by Crippen LogP contribution is -1.99. The van der Waals surface area contributed by atoms with Crippen molar-refractivity contribution in [3.8, 4) is 11.5 Å². The summed E-state index contributed by atoms with van der Waals surface area (Å²) in [5.74, 6) is 1.52. The second-order valence-corrected chi connectivity index (χ2v) is 4.46. The minimum atomic E-state index is 0.264. The van der Waals surface area contributed by atoms with E-state index in [9.17, 15) is 0 Å². The van der Waals surface area contributed by atoms with Crippen molar-refractivity contribution < 1.29 is 9.26 Å². The van der Waals surface area contributed by atoms with Crippen molar-refractivity contribution in [3.63, 3.8) is 0 Å². The highest BCUT2D eigenvalue weighted by Gasteiger charge is 2.23. The van der Waals surface area contributed by atoms with Crippen molar-refractivity contribution >= 4 is 11.6 Å². The molecule has 1 atom stereocenters. The zero-order valence-electron chi connectivity index (χ0n) is 9.10. The predicted molar refractivity (Wildman–Crippen MR) is 62.9 cm³/mol. The molecular weight excluding hydrogens is 240 g/mol. The molecule has 1 aliphatic heterocycles. The molecule has 0 unspecified atom stereocenters. The Labute approximate surface area is 104 Å². The Kier molecular flexibility index (Phi) is 2.82. The molecule has 1 aliphatic rings. The van der Waals surface area contributed by atoms with Gasteiger partial charge in [0.2, 0.25) is 0 Å². The standard InChI is InChI=1S/C12H11ClN2O2/c13-10-3-1-8(2-4-10)12-14-11(15-17-12)9-5-6-16-7-9/h1-4,9H,5-7H2/t9-/m0/s1. The minimum absolute atomic E-state index is 0.264. The van der Waals surface area contributed by atoms with E-state index in [1.807, 2.05) is 12.1 Å². The summed E-state index contributed by atoms with van der Waals surface area (Å²) in [5, 5.41) is 4.69. The van der Waals surface area contributed by atoms with Crippen molar-refractivity contribution in [1.29, 1.82) is 0 Å². The maximum Gasteiger partial charge on any atom is 0.257 e. The van der Waals surface area contributed by atoms with Gasteiger partial charge in [-0.1, -0.05) is 16.8 Å². The molecule has 1 saturated heterocycles. The Hall–Kier alpha value is -1.39. The number of aromatic nitrogens is 2. The normalized spacial score (nSPS) is 19.7. The summed E-state index contributed by atoms with van der Waals surface area (Å²) in [4.78, 5) is 4.39. The molecule has 0 aliphatic carbocycles. The first kappa shape index (κ1) is 10.7. The third kappa shape index (κ3) is 2.18. The van der Waals surface area contributed by atoms with Gasteiger partial charge in [-0.15, -0.1) is 0 Å². The fourth-order valence-corrected chi connectivity index (χ4v) is 1.97. The van der Waals surface area contributed by atoms with Crippen LogP contribution in [-0.4, -0.2) is 23.4 Å². The van der Waals surface area contributed by atoms with E-state index in [1.54, 1.807) is 12.1 Å². The lowest BCUT2D eigenvalue weighted by molar-refractivity contribution is 0.192. The van der Waals surface area contributed by atoms with E-state index < -0.39 is 0 Å². The van der Waals surface area contributed by atoms with E-state index in [1.165, 1.54) is 0 Å². The van der Waals surface area contributed by atoms with Gasteiger partial charge in [0.25, 0.3) is 5.89 Å². The summed E-state index contributed by atoms with van der Waals surface area (Å²) < 4.78 is 10.5. The van der Waals surface area contributed by atoms with Crippen molar-refractivity contribution in [2.45, 2.75) is 12.3 Å². The van der Waals surface area contributed by atoms with E-state index in [-0.39, 0.29) is 5.92 Å². The molecule has 4 nitrogen and oxygen atoms in total. The Balaban J connectivity index is 1.86. The number of hydrogen-bond donors (Lipinski definition) is 0. The molecule has 1 aromatic heterocycles. The average Bonchev–Trinajstić information content (AvgIpc) is 3.00. The number of nitrogens with zero attached hydrogens (tertiary/aromatic N) is 2. The van der Waals surface area contributed by atoms with Gasteiger partial charge < -0.3 is 9.26 Å². The fourth-order valence-electron chi connectivity index (χ4n) is 1.85. The quantitative estimate of drug-likeness (QED) is 0.822. The third-order valence-corrected chi connectivity index (χ3v) is 3.08. The number of rotatable bonds is 2. The first-order valence-electron chi connectivity index (χ1n) is 5.50. The van der Waals surface area contributed by atoms with Crippen molar-refractivity contribution in [1.82, 2.24) is 10.1 Å². The first-order valence-corrected chi connectivity index (χ1v) is 5.88. The zero-order valence-corrected chi connectivity index (χ0v) is 9.85. The Bertz CT molecular complexity index is 503.